The second kappa shape index (κ2) is 29.2. The van der Waals surface area contributed by atoms with E-state index in [0.717, 1.165) is 0 Å². The lowest BCUT2D eigenvalue weighted by Crippen LogP contribution is -2.14. The minimum absolute atomic E-state index is 0.00715. The van der Waals surface area contributed by atoms with Gasteiger partial charge in [0.05, 0.1) is 16.7 Å². The van der Waals surface area contributed by atoms with E-state index in [9.17, 15) is 0 Å². The van der Waals surface area contributed by atoms with E-state index in [1.54, 1.807) is 0 Å². The van der Waals surface area contributed by atoms with Crippen LogP contribution in [0, 0.1) is 20.8 Å². The van der Waals surface area contributed by atoms with Crippen molar-refractivity contribution in [2.24, 2.45) is 0 Å². The van der Waals surface area contributed by atoms with Gasteiger partial charge in [0, 0.05) is 43.2 Å². The number of nitrogens with zero attached hydrogens (tertiary/aromatic N) is 1. The molecule has 0 unspecified atom stereocenters. The molecule has 1 nitrogen and oxygen atoms in total. The zero-order valence-electron chi connectivity index (χ0n) is 77.6. The molecule has 636 valence electrons. The Morgan fingerprint density at radius 2 is 0.455 bits per heavy atom. The molecule has 0 radical (unpaired) electrons. The first-order chi connectivity index (χ1) is 65.3. The van der Waals surface area contributed by atoms with Gasteiger partial charge in [-0.15, -0.1) is 0 Å². The summed E-state index contributed by atoms with van der Waals surface area (Å²) in [6, 6.07) is 151. The van der Waals surface area contributed by atoms with E-state index in [2.05, 4.69) is 481 Å². The average Bonchev–Trinajstić information content (AvgIpc) is 1.20. The third-order valence-electron chi connectivity index (χ3n) is 31.6. The molecule has 24 aromatic rings. The fourth-order valence-corrected chi connectivity index (χ4v) is 25.3. The zero-order chi connectivity index (χ0) is 90.3. The Bertz CT molecular complexity index is 9150. The maximum atomic E-state index is 2.50. The highest BCUT2D eigenvalue weighted by atomic mass is 15.0. The number of para-hydroxylation sites is 2. The van der Waals surface area contributed by atoms with Crippen molar-refractivity contribution in [3.63, 3.8) is 0 Å². The maximum absolute atomic E-state index is 2.50. The molecule has 1 heteroatoms. The molecule has 0 bridgehead atoms. The van der Waals surface area contributed by atoms with Gasteiger partial charge in [-0.25, -0.2) is 0 Å². The van der Waals surface area contributed by atoms with E-state index in [-0.39, 0.29) is 21.7 Å². The lowest BCUT2D eigenvalue weighted by Gasteiger charge is -2.23. The molecule has 0 N–H and O–H groups in total. The van der Waals surface area contributed by atoms with Crippen LogP contribution in [0.15, 0.2) is 400 Å². The smallest absolute Gasteiger partial charge is 0.0619 e. The van der Waals surface area contributed by atoms with Crippen LogP contribution in [0.1, 0.15) is 117 Å². The molecule has 0 atom stereocenters. The summed E-state index contributed by atoms with van der Waals surface area (Å²) in [4.78, 5) is 0. The second-order valence-corrected chi connectivity index (χ2v) is 40.5. The number of hydrogen-bond acceptors (Lipinski definition) is 0. The van der Waals surface area contributed by atoms with Crippen LogP contribution < -0.4 is 0 Å². The fraction of sp³-hybridized carbons (Fsp3) is 0.113. The monoisotopic (exact) mass is 1710 g/mol. The van der Waals surface area contributed by atoms with E-state index in [1.165, 1.54) is 286 Å². The molecular formula is C133H99N. The van der Waals surface area contributed by atoms with Crippen molar-refractivity contribution >= 4 is 119 Å². The first-order valence-electron chi connectivity index (χ1n) is 47.8. The minimum atomic E-state index is -0.0431. The Hall–Kier alpha value is -15.5. The summed E-state index contributed by atoms with van der Waals surface area (Å²) < 4.78 is 2.50. The average molecular weight is 1710 g/mol. The molecule has 23 aromatic carbocycles. The highest BCUT2D eigenvalue weighted by Gasteiger charge is 2.41. The summed E-state index contributed by atoms with van der Waals surface area (Å²) >= 11 is 0. The summed E-state index contributed by atoms with van der Waals surface area (Å²) in [6.45, 7) is 25.5. The van der Waals surface area contributed by atoms with Crippen molar-refractivity contribution < 1.29 is 0 Å². The Morgan fingerprint density at radius 1 is 0.164 bits per heavy atom. The maximum Gasteiger partial charge on any atom is 0.0619 e. The SMILES string of the molecule is Cc1ccc2c(-c3ccc4ccc5cccc6ccc3c4c56)c3ccccc3c(-c3ccc4c(c3)-c3ccccc3C4(C)C)c2c1.Cc1ccc2c(-c3cccc4c3-c3ccccc3C4(C)C)c3ccccc3c(-c3ccc4c(c3)-c3ccccc3C4(C)C)c2c1.Cc1ccc2c(-n3c4ccccc4c4ccccc43)c3ccccc3c(-c3ccc4c(c3)-c3ccccc3C4(C)C)c2c1. The number of hydrogen-bond donors (Lipinski definition) is 0. The Morgan fingerprint density at radius 3 is 0.918 bits per heavy atom. The molecule has 134 heavy (non-hydrogen) atoms. The number of aromatic nitrogens is 1. The summed E-state index contributed by atoms with van der Waals surface area (Å²) in [7, 11) is 0. The van der Waals surface area contributed by atoms with Crippen molar-refractivity contribution in [3.05, 3.63) is 462 Å². The number of rotatable bonds is 6. The molecule has 0 aliphatic heterocycles. The van der Waals surface area contributed by atoms with E-state index >= 15 is 0 Å². The van der Waals surface area contributed by atoms with Crippen LogP contribution >= 0.6 is 0 Å². The standard InChI is InChI=1S/C46H32.C45H36.C42H31N/c1-27-15-21-37-39(25-27)43(31-20-24-41-38(26-31)32-11-6-7-14-40(32)46(41,2)3)33-12-4-5-13-34(33)45(37)36-23-19-30-17-16-28-9-8-10-29-18-22-35(36)44(30)42(28)29;1-27-21-23-32-36(25-27)41(28-22-24-39-35(26-28)29-13-8-10-18-37(29)44(39,2)3)30-14-6-7-15-31(30)42(32)34-17-12-20-40-43(34)33-16-9-11-19-38(33)45(40,4)5;1-26-20-22-33-35(24-26)40(27-21-23-37-34(25-27)28-12-6-9-17-36(28)42(37,2)3)31-15-4-5-16-32(31)41(33)43-38-18-10-7-13-29(38)30-14-8-11-19-39(30)43/h4-26H,1-3H3;6-26H,1-5H3;4-25H,1-3H3. The van der Waals surface area contributed by atoms with Crippen LogP contribution in [0.25, 0.3) is 225 Å². The van der Waals surface area contributed by atoms with Crippen LogP contribution in [-0.2, 0) is 21.7 Å². The summed E-state index contributed by atoms with van der Waals surface area (Å²) in [5.41, 5.74) is 42.7. The van der Waals surface area contributed by atoms with E-state index in [4.69, 9.17) is 0 Å². The predicted molar refractivity (Wildman–Crippen MR) is 574 cm³/mol. The first-order valence-corrected chi connectivity index (χ1v) is 47.8. The van der Waals surface area contributed by atoms with Gasteiger partial charge in [0.1, 0.15) is 0 Å². The van der Waals surface area contributed by atoms with Crippen molar-refractivity contribution in [3.8, 4) is 106 Å². The Kier molecular flexibility index (Phi) is 17.3. The van der Waals surface area contributed by atoms with Gasteiger partial charge in [-0.2, -0.15) is 0 Å². The van der Waals surface area contributed by atoms with Crippen molar-refractivity contribution in [1.29, 1.82) is 0 Å². The van der Waals surface area contributed by atoms with Gasteiger partial charge in [-0.1, -0.05) is 442 Å². The van der Waals surface area contributed by atoms with Crippen molar-refractivity contribution in [2.45, 2.75) is 97.8 Å². The molecule has 0 spiro atoms. The largest absolute Gasteiger partial charge is 0.308 e. The molecule has 0 saturated heterocycles. The van der Waals surface area contributed by atoms with Crippen molar-refractivity contribution in [1.82, 2.24) is 4.57 Å². The van der Waals surface area contributed by atoms with Gasteiger partial charge in [-0.3, -0.25) is 0 Å². The Labute approximate surface area is 782 Å². The molecule has 28 rings (SSSR count). The second-order valence-electron chi connectivity index (χ2n) is 40.5. The van der Waals surface area contributed by atoms with Gasteiger partial charge in [0.2, 0.25) is 0 Å². The van der Waals surface area contributed by atoms with Crippen molar-refractivity contribution in [2.75, 3.05) is 0 Å². The highest BCUT2D eigenvalue weighted by molar-refractivity contribution is 6.31. The van der Waals surface area contributed by atoms with E-state index in [1.807, 2.05) is 0 Å². The summed E-state index contributed by atoms with van der Waals surface area (Å²) in [5.74, 6) is 0. The molecule has 1 aromatic heterocycles. The van der Waals surface area contributed by atoms with Gasteiger partial charge < -0.3 is 4.57 Å². The summed E-state index contributed by atoms with van der Waals surface area (Å²) in [5, 5.41) is 26.1. The van der Waals surface area contributed by atoms with Gasteiger partial charge in [0.15, 0.2) is 0 Å². The lowest BCUT2D eigenvalue weighted by atomic mass is 9.80. The lowest BCUT2D eigenvalue weighted by molar-refractivity contribution is 0.660. The third kappa shape index (κ3) is 11.4. The topological polar surface area (TPSA) is 4.93 Å². The minimum Gasteiger partial charge on any atom is -0.308 e. The molecule has 0 amide bonds. The molecule has 1 heterocycles. The van der Waals surface area contributed by atoms with Gasteiger partial charge >= 0.3 is 0 Å². The zero-order valence-corrected chi connectivity index (χ0v) is 77.6. The number of fused-ring (bicyclic) bond motifs is 21. The van der Waals surface area contributed by atoms with E-state index in [0.29, 0.717) is 0 Å². The molecule has 0 fully saturated rings. The van der Waals surface area contributed by atoms with Crippen LogP contribution in [0.2, 0.25) is 0 Å². The quantitative estimate of drug-likeness (QED) is 0.116. The van der Waals surface area contributed by atoms with Gasteiger partial charge in [-0.05, 0) is 282 Å². The van der Waals surface area contributed by atoms with Crippen LogP contribution in [0.5, 0.6) is 0 Å². The van der Waals surface area contributed by atoms with Crippen LogP contribution in [-0.4, -0.2) is 4.57 Å². The van der Waals surface area contributed by atoms with Crippen LogP contribution in [0.4, 0.5) is 0 Å². The fourth-order valence-electron chi connectivity index (χ4n) is 25.3. The summed E-state index contributed by atoms with van der Waals surface area (Å²) in [6.07, 6.45) is 0. The number of benzene rings is 23. The molecule has 4 aliphatic carbocycles. The predicted octanol–water partition coefficient (Wildman–Crippen LogP) is 36.5. The third-order valence-corrected chi connectivity index (χ3v) is 31.6. The molecule has 0 saturated carbocycles. The molecular weight excluding hydrogens is 1610 g/mol. The Balaban J connectivity index is 0.000000105. The van der Waals surface area contributed by atoms with Gasteiger partial charge in [0.25, 0.3) is 0 Å². The highest BCUT2D eigenvalue weighted by Crippen LogP contribution is 2.60. The normalized spacial score (nSPS) is 14.2. The molecule has 4 aliphatic rings. The number of aryl methyl sites for hydroxylation is 3. The van der Waals surface area contributed by atoms with Crippen LogP contribution in [0.3, 0.4) is 0 Å². The van der Waals surface area contributed by atoms with E-state index < -0.39 is 0 Å². The first kappa shape index (κ1) is 79.4.